The molecular formula is C12H15N3. The van der Waals surface area contributed by atoms with Gasteiger partial charge in [0.1, 0.15) is 11.6 Å². The van der Waals surface area contributed by atoms with Crippen LogP contribution >= 0.6 is 0 Å². The average molecular weight is 201 g/mol. The van der Waals surface area contributed by atoms with Crippen molar-refractivity contribution in [2.45, 2.75) is 20.8 Å². The molecule has 0 saturated heterocycles. The molecule has 3 heteroatoms. The molecule has 1 heterocycles. The lowest BCUT2D eigenvalue weighted by Gasteiger charge is -2.05. The maximum atomic E-state index is 5.84. The van der Waals surface area contributed by atoms with E-state index in [9.17, 15) is 0 Å². The summed E-state index contributed by atoms with van der Waals surface area (Å²) in [5.74, 6) is 1.42. The molecule has 0 atom stereocenters. The van der Waals surface area contributed by atoms with Gasteiger partial charge in [-0.2, -0.15) is 0 Å². The molecule has 0 unspecified atom stereocenters. The molecular weight excluding hydrogens is 186 g/mol. The number of anilines is 1. The molecule has 1 aromatic heterocycles. The summed E-state index contributed by atoms with van der Waals surface area (Å²) in [6.45, 7) is 6.07. The molecule has 2 aromatic rings. The van der Waals surface area contributed by atoms with Crippen LogP contribution in [-0.4, -0.2) is 9.97 Å². The largest absolute Gasteiger partial charge is 0.382 e. The molecule has 0 amide bonds. The van der Waals surface area contributed by atoms with E-state index >= 15 is 0 Å². The molecule has 2 rings (SSSR count). The Hall–Kier alpha value is -1.77. The third-order valence-corrected chi connectivity index (χ3v) is 2.50. The highest BCUT2D eigenvalue weighted by Gasteiger charge is 2.09. The lowest BCUT2D eigenvalue weighted by atomic mass is 10.0. The van der Waals surface area contributed by atoms with Crippen molar-refractivity contribution in [2.75, 3.05) is 5.73 Å². The van der Waals surface area contributed by atoms with Crippen molar-refractivity contribution in [3.63, 3.8) is 0 Å². The smallest absolute Gasteiger partial charge is 0.149 e. The summed E-state index contributed by atoms with van der Waals surface area (Å²) < 4.78 is 0. The normalized spacial score (nSPS) is 10.6. The van der Waals surface area contributed by atoms with Gasteiger partial charge in [-0.3, -0.25) is 0 Å². The summed E-state index contributed by atoms with van der Waals surface area (Å²) in [5.41, 5.74) is 10.4. The number of H-pyrrole nitrogens is 1. The molecule has 78 valence electrons. The van der Waals surface area contributed by atoms with Crippen molar-refractivity contribution < 1.29 is 0 Å². The fourth-order valence-electron chi connectivity index (χ4n) is 1.81. The second kappa shape index (κ2) is 3.42. The summed E-state index contributed by atoms with van der Waals surface area (Å²) in [6, 6.07) is 6.30. The van der Waals surface area contributed by atoms with Gasteiger partial charge in [0.05, 0.1) is 5.69 Å². The van der Waals surface area contributed by atoms with Crippen LogP contribution in [0.15, 0.2) is 18.2 Å². The average Bonchev–Trinajstić information content (AvgIpc) is 2.45. The molecule has 3 N–H and O–H groups in total. The van der Waals surface area contributed by atoms with Crippen molar-refractivity contribution in [3.8, 4) is 11.3 Å². The minimum atomic E-state index is 0.569. The Morgan fingerprint density at radius 2 is 1.93 bits per heavy atom. The van der Waals surface area contributed by atoms with Crippen molar-refractivity contribution in [1.82, 2.24) is 9.97 Å². The molecule has 0 aliphatic carbocycles. The number of aryl methyl sites for hydroxylation is 3. The lowest BCUT2D eigenvalue weighted by Crippen LogP contribution is -1.91. The Kier molecular flexibility index (Phi) is 2.23. The van der Waals surface area contributed by atoms with Crippen LogP contribution in [-0.2, 0) is 0 Å². The van der Waals surface area contributed by atoms with E-state index in [4.69, 9.17) is 5.73 Å². The lowest BCUT2D eigenvalue weighted by molar-refractivity contribution is 1.15. The molecule has 0 aliphatic rings. The van der Waals surface area contributed by atoms with Crippen molar-refractivity contribution >= 4 is 5.82 Å². The van der Waals surface area contributed by atoms with E-state index in [-0.39, 0.29) is 0 Å². The van der Waals surface area contributed by atoms with Crippen LogP contribution in [0.4, 0.5) is 5.82 Å². The number of nitrogens with two attached hydrogens (primary N) is 1. The first kappa shape index (κ1) is 9.77. The Morgan fingerprint density at radius 1 is 1.20 bits per heavy atom. The summed E-state index contributed by atoms with van der Waals surface area (Å²) in [5, 5.41) is 0. The van der Waals surface area contributed by atoms with Crippen molar-refractivity contribution in [2.24, 2.45) is 0 Å². The number of nitrogen functional groups attached to an aromatic ring is 1. The first-order valence-electron chi connectivity index (χ1n) is 4.97. The van der Waals surface area contributed by atoms with E-state index in [0.717, 1.165) is 17.1 Å². The number of hydrogen-bond acceptors (Lipinski definition) is 2. The Labute approximate surface area is 89.4 Å². The van der Waals surface area contributed by atoms with Crippen LogP contribution in [0.2, 0.25) is 0 Å². The number of hydrogen-bond donors (Lipinski definition) is 2. The zero-order valence-electron chi connectivity index (χ0n) is 9.26. The minimum absolute atomic E-state index is 0.569. The topological polar surface area (TPSA) is 54.7 Å². The van der Waals surface area contributed by atoms with Crippen LogP contribution in [0.25, 0.3) is 11.3 Å². The number of aromatic amines is 1. The molecule has 0 aliphatic heterocycles. The predicted octanol–water partition coefficient (Wildman–Crippen LogP) is 2.58. The highest BCUT2D eigenvalue weighted by atomic mass is 15.0. The predicted molar refractivity (Wildman–Crippen MR) is 62.6 cm³/mol. The van der Waals surface area contributed by atoms with E-state index in [2.05, 4.69) is 42.0 Å². The molecule has 1 aromatic carbocycles. The third kappa shape index (κ3) is 1.73. The molecule has 0 fully saturated rings. The van der Waals surface area contributed by atoms with Gasteiger partial charge in [0, 0.05) is 5.56 Å². The van der Waals surface area contributed by atoms with Gasteiger partial charge in [0.2, 0.25) is 0 Å². The first-order valence-corrected chi connectivity index (χ1v) is 4.97. The van der Waals surface area contributed by atoms with E-state index in [1.165, 1.54) is 11.1 Å². The van der Waals surface area contributed by atoms with Crippen LogP contribution in [0.1, 0.15) is 17.0 Å². The van der Waals surface area contributed by atoms with Crippen LogP contribution in [0, 0.1) is 20.8 Å². The quantitative estimate of drug-likeness (QED) is 0.745. The van der Waals surface area contributed by atoms with Crippen LogP contribution in [0.5, 0.6) is 0 Å². The minimum Gasteiger partial charge on any atom is -0.382 e. The Morgan fingerprint density at radius 3 is 2.47 bits per heavy atom. The van der Waals surface area contributed by atoms with Gasteiger partial charge in [-0.25, -0.2) is 4.98 Å². The van der Waals surface area contributed by atoms with Crippen LogP contribution in [0.3, 0.4) is 0 Å². The van der Waals surface area contributed by atoms with Crippen LogP contribution < -0.4 is 5.73 Å². The molecule has 15 heavy (non-hydrogen) atoms. The van der Waals surface area contributed by atoms with E-state index < -0.39 is 0 Å². The maximum Gasteiger partial charge on any atom is 0.149 e. The van der Waals surface area contributed by atoms with Gasteiger partial charge >= 0.3 is 0 Å². The number of nitrogens with zero attached hydrogens (tertiary/aromatic N) is 1. The summed E-state index contributed by atoms with van der Waals surface area (Å²) in [6.07, 6.45) is 0. The van der Waals surface area contributed by atoms with Gasteiger partial charge in [0.15, 0.2) is 0 Å². The third-order valence-electron chi connectivity index (χ3n) is 2.50. The van der Waals surface area contributed by atoms with Crippen molar-refractivity contribution in [1.29, 1.82) is 0 Å². The van der Waals surface area contributed by atoms with Crippen molar-refractivity contribution in [3.05, 3.63) is 35.2 Å². The summed E-state index contributed by atoms with van der Waals surface area (Å²) in [7, 11) is 0. The second-order valence-electron chi connectivity index (χ2n) is 3.90. The van der Waals surface area contributed by atoms with Gasteiger partial charge in [-0.05, 0) is 26.3 Å². The molecule has 0 spiro atoms. The monoisotopic (exact) mass is 201 g/mol. The van der Waals surface area contributed by atoms with E-state index in [1.54, 1.807) is 0 Å². The number of nitrogens with one attached hydrogen (secondary N) is 1. The number of rotatable bonds is 1. The number of aromatic nitrogens is 2. The molecule has 0 bridgehead atoms. The summed E-state index contributed by atoms with van der Waals surface area (Å²) in [4.78, 5) is 7.36. The zero-order valence-corrected chi connectivity index (χ0v) is 9.26. The van der Waals surface area contributed by atoms with Gasteiger partial charge in [0.25, 0.3) is 0 Å². The van der Waals surface area contributed by atoms with E-state index in [1.807, 2.05) is 6.92 Å². The number of benzene rings is 1. The Balaban J connectivity index is 2.59. The van der Waals surface area contributed by atoms with Gasteiger partial charge in [-0.1, -0.05) is 23.8 Å². The fraction of sp³-hybridized carbons (Fsp3) is 0.250. The highest BCUT2D eigenvalue weighted by molar-refractivity contribution is 5.73. The van der Waals surface area contributed by atoms with Gasteiger partial charge in [-0.15, -0.1) is 0 Å². The second-order valence-corrected chi connectivity index (χ2v) is 3.90. The van der Waals surface area contributed by atoms with E-state index in [0.29, 0.717) is 5.82 Å². The standard InChI is InChI=1S/C12H15N3/c1-7-4-5-10(8(2)6-7)11-12(13)15-9(3)14-11/h4-6H,13H2,1-3H3,(H,14,15). The Bertz CT molecular complexity index is 498. The molecule has 0 saturated carbocycles. The molecule has 3 nitrogen and oxygen atoms in total. The zero-order chi connectivity index (χ0) is 11.0. The number of imidazole rings is 1. The SMILES string of the molecule is Cc1ccc(-c2[nH]c(C)nc2N)c(C)c1. The first-order chi connectivity index (χ1) is 7.08. The fourth-order valence-corrected chi connectivity index (χ4v) is 1.81. The summed E-state index contributed by atoms with van der Waals surface area (Å²) >= 11 is 0. The maximum absolute atomic E-state index is 5.84. The molecule has 0 radical (unpaired) electrons. The highest BCUT2D eigenvalue weighted by Crippen LogP contribution is 2.26. The van der Waals surface area contributed by atoms with Gasteiger partial charge < -0.3 is 10.7 Å².